The van der Waals surface area contributed by atoms with Crippen molar-refractivity contribution >= 4 is 17.3 Å². The van der Waals surface area contributed by atoms with E-state index < -0.39 is 0 Å². The van der Waals surface area contributed by atoms with Crippen LogP contribution >= 0.6 is 11.3 Å². The second-order valence-corrected chi connectivity index (χ2v) is 4.29. The van der Waals surface area contributed by atoms with Crippen LogP contribution in [-0.2, 0) is 6.54 Å². The van der Waals surface area contributed by atoms with Gasteiger partial charge in [-0.1, -0.05) is 0 Å². The average molecular weight is 267 g/mol. The minimum Gasteiger partial charge on any atom is -0.467 e. The Morgan fingerprint density at radius 1 is 1.17 bits per heavy atom. The van der Waals surface area contributed by atoms with Crippen LogP contribution in [0.25, 0.3) is 0 Å². The summed E-state index contributed by atoms with van der Waals surface area (Å²) in [5.41, 5.74) is 2.81. The molecular formula is C10H13N5O2S. The maximum Gasteiger partial charge on any atom is 0.324 e. The summed E-state index contributed by atoms with van der Waals surface area (Å²) in [4.78, 5) is 17.4. The predicted octanol–water partition coefficient (Wildman–Crippen LogP) is 1.27. The predicted molar refractivity (Wildman–Crippen MR) is 67.1 cm³/mol. The number of hydrogen-bond acceptors (Lipinski definition) is 8. The number of thiazole rings is 1. The number of rotatable bonds is 5. The van der Waals surface area contributed by atoms with E-state index in [4.69, 9.17) is 9.47 Å². The van der Waals surface area contributed by atoms with E-state index in [-0.39, 0.29) is 12.0 Å². The summed E-state index contributed by atoms with van der Waals surface area (Å²) in [6.07, 6.45) is 0. The van der Waals surface area contributed by atoms with Crippen molar-refractivity contribution in [2.45, 2.75) is 13.5 Å². The molecule has 0 spiro atoms. The third kappa shape index (κ3) is 2.83. The summed E-state index contributed by atoms with van der Waals surface area (Å²) in [6, 6.07) is 0.427. The van der Waals surface area contributed by atoms with E-state index in [9.17, 15) is 0 Å². The molecule has 2 aromatic rings. The highest BCUT2D eigenvalue weighted by atomic mass is 32.1. The summed E-state index contributed by atoms with van der Waals surface area (Å²) >= 11 is 1.58. The molecule has 0 bridgehead atoms. The Hall–Kier alpha value is -1.96. The number of methoxy groups -OCH3 is 2. The zero-order chi connectivity index (χ0) is 13.0. The Kier molecular flexibility index (Phi) is 3.88. The quantitative estimate of drug-likeness (QED) is 0.873. The van der Waals surface area contributed by atoms with Crippen LogP contribution in [-0.4, -0.2) is 34.2 Å². The van der Waals surface area contributed by atoms with Crippen LogP contribution in [0.3, 0.4) is 0 Å². The first-order valence-electron chi connectivity index (χ1n) is 5.20. The Labute approximate surface area is 108 Å². The van der Waals surface area contributed by atoms with Gasteiger partial charge in [0.2, 0.25) is 5.95 Å². The van der Waals surface area contributed by atoms with E-state index in [1.54, 1.807) is 16.8 Å². The molecule has 0 aliphatic carbocycles. The summed E-state index contributed by atoms with van der Waals surface area (Å²) in [5.74, 6) is 0.409. The van der Waals surface area contributed by atoms with Crippen molar-refractivity contribution in [3.05, 3.63) is 16.1 Å². The summed E-state index contributed by atoms with van der Waals surface area (Å²) < 4.78 is 9.93. The number of nitrogens with one attached hydrogen (secondary N) is 1. The number of hydrogen-bond donors (Lipinski definition) is 1. The van der Waals surface area contributed by atoms with Crippen LogP contribution < -0.4 is 14.8 Å². The van der Waals surface area contributed by atoms with Gasteiger partial charge in [-0.3, -0.25) is 0 Å². The Morgan fingerprint density at radius 3 is 2.33 bits per heavy atom. The van der Waals surface area contributed by atoms with Gasteiger partial charge in [0.25, 0.3) is 0 Å². The molecule has 0 fully saturated rings. The molecule has 1 N–H and O–H groups in total. The van der Waals surface area contributed by atoms with Gasteiger partial charge in [-0.2, -0.15) is 9.97 Å². The Balaban J connectivity index is 2.11. The van der Waals surface area contributed by atoms with Gasteiger partial charge in [-0.15, -0.1) is 16.3 Å². The molecule has 0 atom stereocenters. The van der Waals surface area contributed by atoms with Gasteiger partial charge in [0.1, 0.15) is 0 Å². The zero-order valence-electron chi connectivity index (χ0n) is 10.3. The van der Waals surface area contributed by atoms with Gasteiger partial charge in [-0.25, -0.2) is 4.98 Å². The van der Waals surface area contributed by atoms with Crippen molar-refractivity contribution in [3.8, 4) is 12.0 Å². The van der Waals surface area contributed by atoms with Gasteiger partial charge in [-0.05, 0) is 6.92 Å². The molecule has 2 heterocycles. The molecule has 0 aromatic carbocycles. The summed E-state index contributed by atoms with van der Waals surface area (Å²) in [5, 5.41) is 3.09. The van der Waals surface area contributed by atoms with Crippen molar-refractivity contribution in [1.29, 1.82) is 0 Å². The SMILES string of the molecule is COc1nc(NCc2scnc2C)nc(OC)n1. The first kappa shape index (κ1) is 12.5. The number of aromatic nitrogens is 4. The molecule has 2 aromatic heterocycles. The number of aryl methyl sites for hydroxylation is 1. The van der Waals surface area contributed by atoms with Crippen molar-refractivity contribution in [1.82, 2.24) is 19.9 Å². The highest BCUT2D eigenvalue weighted by Crippen LogP contribution is 2.16. The van der Waals surface area contributed by atoms with Crippen molar-refractivity contribution < 1.29 is 9.47 Å². The number of ether oxygens (including phenoxy) is 2. The topological polar surface area (TPSA) is 82.0 Å². The lowest BCUT2D eigenvalue weighted by Crippen LogP contribution is -2.07. The van der Waals surface area contributed by atoms with E-state index in [0.29, 0.717) is 12.5 Å². The molecular weight excluding hydrogens is 254 g/mol. The molecule has 0 saturated carbocycles. The van der Waals surface area contributed by atoms with Crippen molar-refractivity contribution in [2.75, 3.05) is 19.5 Å². The van der Waals surface area contributed by atoms with Gasteiger partial charge >= 0.3 is 12.0 Å². The maximum absolute atomic E-state index is 4.97. The van der Waals surface area contributed by atoms with Crippen LogP contribution in [0, 0.1) is 6.92 Å². The van der Waals surface area contributed by atoms with Gasteiger partial charge in [0.05, 0.1) is 32.0 Å². The monoisotopic (exact) mass is 267 g/mol. The fourth-order valence-electron chi connectivity index (χ4n) is 1.25. The molecule has 18 heavy (non-hydrogen) atoms. The fourth-order valence-corrected chi connectivity index (χ4v) is 1.97. The third-order valence-corrected chi connectivity index (χ3v) is 3.15. The molecule has 8 heteroatoms. The Morgan fingerprint density at radius 2 is 1.83 bits per heavy atom. The molecule has 0 amide bonds. The molecule has 2 rings (SSSR count). The largest absolute Gasteiger partial charge is 0.467 e. The van der Waals surface area contributed by atoms with E-state index in [0.717, 1.165) is 10.6 Å². The van der Waals surface area contributed by atoms with E-state index in [1.165, 1.54) is 14.2 Å². The first-order valence-corrected chi connectivity index (χ1v) is 6.07. The van der Waals surface area contributed by atoms with E-state index >= 15 is 0 Å². The average Bonchev–Trinajstić information content (AvgIpc) is 2.81. The maximum atomic E-state index is 4.97. The molecule has 96 valence electrons. The third-order valence-electron chi connectivity index (χ3n) is 2.21. The molecule has 0 aliphatic heterocycles. The fraction of sp³-hybridized carbons (Fsp3) is 0.400. The van der Waals surface area contributed by atoms with Crippen LogP contribution in [0.2, 0.25) is 0 Å². The molecule has 7 nitrogen and oxygen atoms in total. The summed E-state index contributed by atoms with van der Waals surface area (Å²) in [6.45, 7) is 2.56. The lowest BCUT2D eigenvalue weighted by molar-refractivity contribution is 0.341. The van der Waals surface area contributed by atoms with Crippen molar-refractivity contribution in [2.24, 2.45) is 0 Å². The van der Waals surface area contributed by atoms with Crippen LogP contribution in [0.15, 0.2) is 5.51 Å². The van der Waals surface area contributed by atoms with Crippen LogP contribution in [0.1, 0.15) is 10.6 Å². The molecule has 0 aliphatic rings. The van der Waals surface area contributed by atoms with Gasteiger partial charge in [0.15, 0.2) is 0 Å². The highest BCUT2D eigenvalue weighted by molar-refractivity contribution is 7.09. The van der Waals surface area contributed by atoms with Crippen molar-refractivity contribution in [3.63, 3.8) is 0 Å². The smallest absolute Gasteiger partial charge is 0.324 e. The second kappa shape index (κ2) is 5.58. The minimum absolute atomic E-state index is 0.213. The normalized spacial score (nSPS) is 10.2. The first-order chi connectivity index (χ1) is 8.72. The lowest BCUT2D eigenvalue weighted by Gasteiger charge is -2.06. The highest BCUT2D eigenvalue weighted by Gasteiger charge is 2.08. The van der Waals surface area contributed by atoms with Crippen LogP contribution in [0.5, 0.6) is 12.0 Å². The van der Waals surface area contributed by atoms with Gasteiger partial charge < -0.3 is 14.8 Å². The molecule has 0 saturated heterocycles. The van der Waals surface area contributed by atoms with Gasteiger partial charge in [0, 0.05) is 4.88 Å². The number of nitrogens with zero attached hydrogens (tertiary/aromatic N) is 4. The Bertz CT molecular complexity index is 508. The standard InChI is InChI=1S/C10H13N5O2S/c1-6-7(18-5-12-6)4-11-8-13-9(16-2)15-10(14-8)17-3/h5H,4H2,1-3H3,(H,11,13,14,15). The summed E-state index contributed by atoms with van der Waals surface area (Å²) in [7, 11) is 2.98. The molecule has 0 unspecified atom stereocenters. The molecule has 0 radical (unpaired) electrons. The van der Waals surface area contributed by atoms with E-state index in [1.807, 2.05) is 6.92 Å². The van der Waals surface area contributed by atoms with E-state index in [2.05, 4.69) is 25.3 Å². The lowest BCUT2D eigenvalue weighted by atomic mass is 10.4. The second-order valence-electron chi connectivity index (χ2n) is 3.35. The zero-order valence-corrected chi connectivity index (χ0v) is 11.1. The van der Waals surface area contributed by atoms with Crippen LogP contribution in [0.4, 0.5) is 5.95 Å². The number of anilines is 1. The minimum atomic E-state index is 0.213.